The standard InChI is InChI=1S/C24H16ClFN2O/c25-22-21(29-20-14-8-7-13-19(20)26)15-16-27-24(22)28-23(17-9-3-1-4-10-17)18-11-5-2-6-12-18/h1-16H. The van der Waals surface area contributed by atoms with Gasteiger partial charge in [-0.05, 0) is 12.1 Å². The van der Waals surface area contributed by atoms with Gasteiger partial charge >= 0.3 is 0 Å². The summed E-state index contributed by atoms with van der Waals surface area (Å²) in [7, 11) is 0. The highest BCUT2D eigenvalue weighted by atomic mass is 35.5. The molecule has 5 heteroatoms. The van der Waals surface area contributed by atoms with Crippen molar-refractivity contribution in [2.75, 3.05) is 0 Å². The van der Waals surface area contributed by atoms with Gasteiger partial charge in [0.15, 0.2) is 23.1 Å². The predicted octanol–water partition coefficient (Wildman–Crippen LogP) is 6.84. The van der Waals surface area contributed by atoms with Crippen molar-refractivity contribution in [3.8, 4) is 11.5 Å². The lowest BCUT2D eigenvalue weighted by molar-refractivity contribution is 0.442. The maximum absolute atomic E-state index is 13.9. The number of hydrogen-bond donors (Lipinski definition) is 0. The van der Waals surface area contributed by atoms with Crippen LogP contribution in [0.3, 0.4) is 0 Å². The first-order valence-corrected chi connectivity index (χ1v) is 9.36. The molecule has 0 fully saturated rings. The van der Waals surface area contributed by atoms with E-state index in [2.05, 4.69) is 4.98 Å². The molecule has 1 heterocycles. The highest BCUT2D eigenvalue weighted by Gasteiger charge is 2.14. The number of pyridine rings is 1. The second kappa shape index (κ2) is 8.67. The zero-order valence-corrected chi connectivity index (χ0v) is 16.1. The number of ether oxygens (including phenoxy) is 1. The van der Waals surface area contributed by atoms with E-state index in [1.165, 1.54) is 18.3 Å². The summed E-state index contributed by atoms with van der Waals surface area (Å²) in [6.07, 6.45) is 1.54. The van der Waals surface area contributed by atoms with Crippen molar-refractivity contribution < 1.29 is 9.13 Å². The summed E-state index contributed by atoms with van der Waals surface area (Å²) >= 11 is 6.51. The van der Waals surface area contributed by atoms with Crippen LogP contribution in [0, 0.1) is 5.82 Å². The largest absolute Gasteiger partial charge is 0.453 e. The second-order valence-corrected chi connectivity index (χ2v) is 6.55. The van der Waals surface area contributed by atoms with Gasteiger partial charge in [-0.25, -0.2) is 14.4 Å². The molecule has 0 atom stereocenters. The van der Waals surface area contributed by atoms with Crippen molar-refractivity contribution >= 4 is 23.1 Å². The molecule has 4 aromatic rings. The molecule has 0 aliphatic heterocycles. The number of hydrogen-bond acceptors (Lipinski definition) is 3. The van der Waals surface area contributed by atoms with E-state index >= 15 is 0 Å². The molecule has 0 aliphatic carbocycles. The number of aromatic nitrogens is 1. The summed E-state index contributed by atoms with van der Waals surface area (Å²) in [5, 5.41) is 0.208. The molecular formula is C24H16ClFN2O. The molecule has 29 heavy (non-hydrogen) atoms. The van der Waals surface area contributed by atoms with Crippen LogP contribution < -0.4 is 4.74 Å². The highest BCUT2D eigenvalue weighted by Crippen LogP contribution is 2.36. The summed E-state index contributed by atoms with van der Waals surface area (Å²) in [5.74, 6) is 0.191. The van der Waals surface area contributed by atoms with E-state index in [0.29, 0.717) is 5.82 Å². The first kappa shape index (κ1) is 18.8. The number of nitrogens with zero attached hydrogens (tertiary/aromatic N) is 2. The average Bonchev–Trinajstić information content (AvgIpc) is 2.77. The molecular weight excluding hydrogens is 387 g/mol. The number of rotatable bonds is 5. The molecule has 0 N–H and O–H groups in total. The minimum absolute atomic E-state index is 0.0851. The summed E-state index contributed by atoms with van der Waals surface area (Å²) in [4.78, 5) is 9.02. The summed E-state index contributed by atoms with van der Waals surface area (Å²) < 4.78 is 19.6. The van der Waals surface area contributed by atoms with E-state index in [1.807, 2.05) is 60.7 Å². The van der Waals surface area contributed by atoms with E-state index in [0.717, 1.165) is 16.8 Å². The molecule has 0 bridgehead atoms. The molecule has 0 spiro atoms. The van der Waals surface area contributed by atoms with Crippen LogP contribution in [-0.2, 0) is 0 Å². The SMILES string of the molecule is Fc1ccccc1Oc1ccnc(N=C(c2ccccc2)c2ccccc2)c1Cl. The van der Waals surface area contributed by atoms with Gasteiger partial charge in [-0.1, -0.05) is 84.4 Å². The predicted molar refractivity (Wildman–Crippen MR) is 114 cm³/mol. The molecule has 0 amide bonds. The molecule has 142 valence electrons. The van der Waals surface area contributed by atoms with Crippen LogP contribution in [0.1, 0.15) is 11.1 Å². The van der Waals surface area contributed by atoms with E-state index < -0.39 is 5.82 Å². The van der Waals surface area contributed by atoms with Crippen LogP contribution in [0.25, 0.3) is 0 Å². The van der Waals surface area contributed by atoms with E-state index in [9.17, 15) is 4.39 Å². The van der Waals surface area contributed by atoms with Crippen molar-refractivity contribution in [2.45, 2.75) is 0 Å². The van der Waals surface area contributed by atoms with Crippen LogP contribution >= 0.6 is 11.6 Å². The third-order valence-electron chi connectivity index (χ3n) is 4.20. The maximum atomic E-state index is 13.9. The van der Waals surface area contributed by atoms with Crippen molar-refractivity contribution in [1.29, 1.82) is 0 Å². The third kappa shape index (κ3) is 4.33. The third-order valence-corrected chi connectivity index (χ3v) is 4.56. The minimum atomic E-state index is -0.473. The number of benzene rings is 3. The van der Waals surface area contributed by atoms with Gasteiger partial charge in [0, 0.05) is 23.4 Å². The summed E-state index contributed by atoms with van der Waals surface area (Å²) in [6, 6.07) is 27.3. The zero-order chi connectivity index (χ0) is 20.1. The van der Waals surface area contributed by atoms with Crippen LogP contribution in [0.4, 0.5) is 10.2 Å². The van der Waals surface area contributed by atoms with Gasteiger partial charge < -0.3 is 4.74 Å². The molecule has 3 aromatic carbocycles. The maximum Gasteiger partial charge on any atom is 0.175 e. The highest BCUT2D eigenvalue weighted by molar-refractivity contribution is 6.34. The van der Waals surface area contributed by atoms with Gasteiger partial charge in [0.1, 0.15) is 5.02 Å². The van der Waals surface area contributed by atoms with Gasteiger partial charge in [0.05, 0.1) is 5.71 Å². The molecule has 0 saturated heterocycles. The molecule has 0 radical (unpaired) electrons. The van der Waals surface area contributed by atoms with Crippen LogP contribution in [-0.4, -0.2) is 10.7 Å². The normalized spacial score (nSPS) is 10.4. The Morgan fingerprint density at radius 2 is 1.34 bits per heavy atom. The summed E-state index contributed by atoms with van der Waals surface area (Å²) in [5.41, 5.74) is 2.58. The molecule has 4 rings (SSSR count). The minimum Gasteiger partial charge on any atom is -0.453 e. The van der Waals surface area contributed by atoms with E-state index in [4.69, 9.17) is 21.3 Å². The number of halogens is 2. The Kier molecular flexibility index (Phi) is 5.63. The Labute approximate surface area is 173 Å². The van der Waals surface area contributed by atoms with Crippen molar-refractivity contribution in [1.82, 2.24) is 4.98 Å². The van der Waals surface area contributed by atoms with E-state index in [-0.39, 0.29) is 16.5 Å². The zero-order valence-electron chi connectivity index (χ0n) is 15.3. The monoisotopic (exact) mass is 402 g/mol. The fourth-order valence-electron chi connectivity index (χ4n) is 2.81. The van der Waals surface area contributed by atoms with Crippen molar-refractivity contribution in [2.24, 2.45) is 4.99 Å². The number of para-hydroxylation sites is 1. The quantitative estimate of drug-likeness (QED) is 0.342. The fourth-order valence-corrected chi connectivity index (χ4v) is 3.00. The lowest BCUT2D eigenvalue weighted by atomic mass is 10.0. The lowest BCUT2D eigenvalue weighted by Crippen LogP contribution is -2.03. The van der Waals surface area contributed by atoms with Gasteiger partial charge in [0.25, 0.3) is 0 Å². The topological polar surface area (TPSA) is 34.5 Å². The van der Waals surface area contributed by atoms with Gasteiger partial charge in [0.2, 0.25) is 0 Å². The Morgan fingerprint density at radius 1 is 0.759 bits per heavy atom. The van der Waals surface area contributed by atoms with Crippen molar-refractivity contribution in [3.05, 3.63) is 119 Å². The smallest absolute Gasteiger partial charge is 0.175 e. The Balaban J connectivity index is 1.78. The molecule has 0 aliphatic rings. The van der Waals surface area contributed by atoms with E-state index in [1.54, 1.807) is 18.2 Å². The van der Waals surface area contributed by atoms with Gasteiger partial charge in [-0.3, -0.25) is 0 Å². The average molecular weight is 403 g/mol. The molecule has 0 unspecified atom stereocenters. The fraction of sp³-hybridized carbons (Fsp3) is 0. The van der Waals surface area contributed by atoms with Crippen molar-refractivity contribution in [3.63, 3.8) is 0 Å². The molecule has 0 saturated carbocycles. The molecule has 3 nitrogen and oxygen atoms in total. The Morgan fingerprint density at radius 3 is 1.97 bits per heavy atom. The Hall–Kier alpha value is -3.50. The summed E-state index contributed by atoms with van der Waals surface area (Å²) in [6.45, 7) is 0. The first-order valence-electron chi connectivity index (χ1n) is 8.99. The van der Waals surface area contributed by atoms with Crippen LogP contribution in [0.2, 0.25) is 5.02 Å². The second-order valence-electron chi connectivity index (χ2n) is 6.17. The first-order chi connectivity index (χ1) is 14.2. The van der Waals surface area contributed by atoms with Gasteiger partial charge in [-0.15, -0.1) is 0 Å². The van der Waals surface area contributed by atoms with Gasteiger partial charge in [-0.2, -0.15) is 0 Å². The lowest BCUT2D eigenvalue weighted by Gasteiger charge is -2.11. The molecule has 1 aromatic heterocycles. The number of aliphatic imine (C=N–C) groups is 1. The Bertz CT molecular complexity index is 1110. The van der Waals surface area contributed by atoms with Crippen LogP contribution in [0.15, 0.2) is 102 Å². The van der Waals surface area contributed by atoms with Crippen LogP contribution in [0.5, 0.6) is 11.5 Å².